The molecule has 0 amide bonds. The largest absolute Gasteiger partial charge is 0.325 e. The summed E-state index contributed by atoms with van der Waals surface area (Å²) < 4.78 is 2.37. The van der Waals surface area contributed by atoms with Crippen LogP contribution < -0.4 is 0 Å². The second kappa shape index (κ2) is 6.53. The third kappa shape index (κ3) is 2.91. The van der Waals surface area contributed by atoms with Gasteiger partial charge >= 0.3 is 0 Å². The molecule has 0 saturated heterocycles. The van der Waals surface area contributed by atoms with Gasteiger partial charge in [-0.2, -0.15) is 0 Å². The van der Waals surface area contributed by atoms with Crippen molar-refractivity contribution in [2.45, 2.75) is 32.7 Å². The van der Waals surface area contributed by atoms with E-state index in [9.17, 15) is 0 Å². The van der Waals surface area contributed by atoms with Gasteiger partial charge in [0.25, 0.3) is 0 Å². The van der Waals surface area contributed by atoms with Crippen LogP contribution >= 0.6 is 11.6 Å². The number of nitrogens with zero attached hydrogens (tertiary/aromatic N) is 2. The summed E-state index contributed by atoms with van der Waals surface area (Å²) in [7, 11) is 0. The molecule has 0 aliphatic heterocycles. The lowest BCUT2D eigenvalue weighted by Gasteiger charge is -2.16. The van der Waals surface area contributed by atoms with Gasteiger partial charge in [-0.1, -0.05) is 61.0 Å². The van der Waals surface area contributed by atoms with Crippen LogP contribution in [0.5, 0.6) is 0 Å². The molecule has 4 aromatic rings. The highest BCUT2D eigenvalue weighted by Gasteiger charge is 2.16. The molecule has 1 aromatic heterocycles. The van der Waals surface area contributed by atoms with Gasteiger partial charge in [-0.05, 0) is 47.9 Å². The molecular formula is C22H21ClN2. The molecule has 4 rings (SSSR count). The van der Waals surface area contributed by atoms with Crippen LogP contribution in [0.3, 0.4) is 0 Å². The second-order valence-electron chi connectivity index (χ2n) is 6.60. The van der Waals surface area contributed by atoms with Crippen LogP contribution in [0.1, 0.15) is 37.7 Å². The average molecular weight is 349 g/mol. The molecule has 0 spiro atoms. The summed E-state index contributed by atoms with van der Waals surface area (Å²) in [5.74, 6) is 1.10. The smallest absolute Gasteiger partial charge is 0.114 e. The van der Waals surface area contributed by atoms with Gasteiger partial charge in [0, 0.05) is 17.5 Å². The van der Waals surface area contributed by atoms with E-state index in [-0.39, 0.29) is 0 Å². The molecule has 0 bridgehead atoms. The summed E-state index contributed by atoms with van der Waals surface area (Å²) in [6.07, 6.45) is 1.88. The van der Waals surface area contributed by atoms with Crippen LogP contribution in [0.2, 0.25) is 5.02 Å². The Bertz CT molecular complexity index is 1040. The molecule has 0 aliphatic carbocycles. The lowest BCUT2D eigenvalue weighted by Crippen LogP contribution is -2.09. The number of aromatic nitrogens is 2. The Balaban J connectivity index is 1.88. The molecule has 1 atom stereocenters. The number of fused-ring (bicyclic) bond motifs is 2. The highest BCUT2D eigenvalue weighted by atomic mass is 35.5. The Labute approximate surface area is 153 Å². The van der Waals surface area contributed by atoms with E-state index in [2.05, 4.69) is 66.9 Å². The maximum absolute atomic E-state index is 6.18. The fraction of sp³-hybridized carbons (Fsp3) is 0.227. The molecule has 25 heavy (non-hydrogen) atoms. The molecule has 0 fully saturated rings. The third-order valence-corrected chi connectivity index (χ3v) is 5.22. The molecule has 0 aliphatic rings. The fourth-order valence-corrected chi connectivity index (χ4v) is 3.70. The third-order valence-electron chi connectivity index (χ3n) is 4.98. The van der Waals surface area contributed by atoms with Crippen molar-refractivity contribution in [1.82, 2.24) is 9.55 Å². The number of imidazole rings is 1. The normalized spacial score (nSPS) is 12.8. The summed E-state index contributed by atoms with van der Waals surface area (Å²) in [6.45, 7) is 4.47. The van der Waals surface area contributed by atoms with Crippen molar-refractivity contribution in [3.8, 4) is 0 Å². The average Bonchev–Trinajstić information content (AvgIpc) is 2.98. The monoisotopic (exact) mass is 348 g/mol. The van der Waals surface area contributed by atoms with E-state index in [1.165, 1.54) is 16.3 Å². The number of halogens is 1. The van der Waals surface area contributed by atoms with Gasteiger partial charge in [0.05, 0.1) is 11.0 Å². The quantitative estimate of drug-likeness (QED) is 0.417. The topological polar surface area (TPSA) is 17.8 Å². The predicted molar refractivity (Wildman–Crippen MR) is 106 cm³/mol. The van der Waals surface area contributed by atoms with Crippen molar-refractivity contribution in [3.05, 3.63) is 77.1 Å². The van der Waals surface area contributed by atoms with Crippen LogP contribution in [-0.4, -0.2) is 9.55 Å². The van der Waals surface area contributed by atoms with E-state index in [0.29, 0.717) is 6.04 Å². The lowest BCUT2D eigenvalue weighted by molar-refractivity contribution is 0.526. The summed E-state index contributed by atoms with van der Waals surface area (Å²) in [5, 5.41) is 3.30. The van der Waals surface area contributed by atoms with E-state index in [0.717, 1.165) is 34.7 Å². The Morgan fingerprint density at radius 2 is 1.84 bits per heavy atom. The molecule has 126 valence electrons. The predicted octanol–water partition coefficient (Wildman–Crippen LogP) is 6.40. The number of rotatable bonds is 4. The summed E-state index contributed by atoms with van der Waals surface area (Å²) in [6, 6.07) is 21.4. The van der Waals surface area contributed by atoms with Crippen LogP contribution in [0.15, 0.2) is 60.7 Å². The maximum atomic E-state index is 6.18. The van der Waals surface area contributed by atoms with Crippen molar-refractivity contribution < 1.29 is 0 Å². The van der Waals surface area contributed by atoms with Gasteiger partial charge in [0.15, 0.2) is 0 Å². The van der Waals surface area contributed by atoms with Gasteiger partial charge in [-0.3, -0.25) is 0 Å². The Morgan fingerprint density at radius 3 is 2.68 bits per heavy atom. The van der Waals surface area contributed by atoms with E-state index in [1.807, 2.05) is 12.1 Å². The molecule has 2 nitrogen and oxygen atoms in total. The summed E-state index contributed by atoms with van der Waals surface area (Å²) >= 11 is 6.18. The SMILES string of the molecule is CCC(C)n1c(Cc2cccc3ccccc23)nc2cc(Cl)ccc21. The van der Waals surface area contributed by atoms with Crippen molar-refractivity contribution in [2.24, 2.45) is 0 Å². The van der Waals surface area contributed by atoms with Crippen LogP contribution in [-0.2, 0) is 6.42 Å². The van der Waals surface area contributed by atoms with Crippen molar-refractivity contribution in [3.63, 3.8) is 0 Å². The maximum Gasteiger partial charge on any atom is 0.114 e. The first-order valence-corrected chi connectivity index (χ1v) is 9.18. The van der Waals surface area contributed by atoms with Crippen molar-refractivity contribution in [2.75, 3.05) is 0 Å². The molecule has 3 heteroatoms. The minimum absolute atomic E-state index is 0.399. The van der Waals surface area contributed by atoms with Crippen LogP contribution in [0.25, 0.3) is 21.8 Å². The lowest BCUT2D eigenvalue weighted by atomic mass is 10.0. The number of hydrogen-bond donors (Lipinski definition) is 0. The Kier molecular flexibility index (Phi) is 4.22. The van der Waals surface area contributed by atoms with Gasteiger partial charge in [0.1, 0.15) is 5.82 Å². The zero-order chi connectivity index (χ0) is 17.4. The zero-order valence-electron chi connectivity index (χ0n) is 14.5. The minimum atomic E-state index is 0.399. The zero-order valence-corrected chi connectivity index (χ0v) is 15.3. The molecule has 0 radical (unpaired) electrons. The molecule has 0 saturated carbocycles. The highest BCUT2D eigenvalue weighted by molar-refractivity contribution is 6.31. The van der Waals surface area contributed by atoms with Gasteiger partial charge < -0.3 is 4.57 Å². The van der Waals surface area contributed by atoms with Crippen LogP contribution in [0.4, 0.5) is 0 Å². The van der Waals surface area contributed by atoms with Gasteiger partial charge in [-0.15, -0.1) is 0 Å². The van der Waals surface area contributed by atoms with Gasteiger partial charge in [0.2, 0.25) is 0 Å². The van der Waals surface area contributed by atoms with E-state index in [4.69, 9.17) is 16.6 Å². The van der Waals surface area contributed by atoms with Crippen molar-refractivity contribution in [1.29, 1.82) is 0 Å². The molecule has 3 aromatic carbocycles. The number of hydrogen-bond acceptors (Lipinski definition) is 1. The second-order valence-corrected chi connectivity index (χ2v) is 7.04. The van der Waals surface area contributed by atoms with E-state index >= 15 is 0 Å². The minimum Gasteiger partial charge on any atom is -0.325 e. The first-order chi connectivity index (χ1) is 12.2. The van der Waals surface area contributed by atoms with Crippen molar-refractivity contribution >= 4 is 33.4 Å². The molecule has 1 heterocycles. The fourth-order valence-electron chi connectivity index (χ4n) is 3.54. The van der Waals surface area contributed by atoms with E-state index in [1.54, 1.807) is 0 Å². The highest BCUT2D eigenvalue weighted by Crippen LogP contribution is 2.28. The Hall–Kier alpha value is -2.32. The van der Waals surface area contributed by atoms with Gasteiger partial charge in [-0.25, -0.2) is 4.98 Å². The molecule has 0 N–H and O–H groups in total. The first-order valence-electron chi connectivity index (χ1n) is 8.80. The number of benzene rings is 3. The summed E-state index contributed by atoms with van der Waals surface area (Å²) in [4.78, 5) is 4.92. The molecule has 1 unspecified atom stereocenters. The summed E-state index contributed by atoms with van der Waals surface area (Å²) in [5.41, 5.74) is 3.45. The first kappa shape index (κ1) is 16.2. The van der Waals surface area contributed by atoms with E-state index < -0.39 is 0 Å². The standard InChI is InChI=1S/C22H21ClN2/c1-3-15(2)25-21-12-11-18(23)14-20(21)24-22(25)13-17-9-6-8-16-7-4-5-10-19(16)17/h4-12,14-15H,3,13H2,1-2H3. The van der Waals surface area contributed by atoms with Crippen LogP contribution in [0, 0.1) is 0 Å². The Morgan fingerprint density at radius 1 is 1.04 bits per heavy atom. The molecular weight excluding hydrogens is 328 g/mol.